The molecule has 4 rings (SSSR count). The van der Waals surface area contributed by atoms with Gasteiger partial charge in [0.1, 0.15) is 5.76 Å². The van der Waals surface area contributed by atoms with Crippen molar-refractivity contribution < 1.29 is 14.7 Å². The number of likely N-dealkylation sites (tertiary alicyclic amines) is 1. The molecule has 9 nitrogen and oxygen atoms in total. The molecule has 3 aromatic rings. The molecule has 0 aromatic carbocycles. The second-order valence-corrected chi connectivity index (χ2v) is 7.60. The van der Waals surface area contributed by atoms with E-state index >= 15 is 0 Å². The van der Waals surface area contributed by atoms with Gasteiger partial charge >= 0.3 is 0 Å². The van der Waals surface area contributed by atoms with Crippen LogP contribution in [0.4, 0.5) is 0 Å². The third-order valence-electron chi connectivity index (χ3n) is 5.68. The Bertz CT molecular complexity index is 1150. The molecule has 1 aliphatic rings. The van der Waals surface area contributed by atoms with Crippen LogP contribution in [0.5, 0.6) is 0 Å². The molecule has 0 saturated carbocycles. The number of imidazole rings is 1. The van der Waals surface area contributed by atoms with Crippen molar-refractivity contribution in [2.24, 2.45) is 7.05 Å². The Morgan fingerprint density at radius 1 is 1.10 bits per heavy atom. The highest BCUT2D eigenvalue weighted by molar-refractivity contribution is 6.46. The average Bonchev–Trinajstić information content (AvgIpc) is 3.43. The van der Waals surface area contributed by atoms with E-state index in [1.165, 1.54) is 4.90 Å². The van der Waals surface area contributed by atoms with Gasteiger partial charge in [-0.3, -0.25) is 19.3 Å². The monoisotopic (exact) mass is 420 g/mol. The van der Waals surface area contributed by atoms with E-state index in [9.17, 15) is 14.7 Å². The first-order chi connectivity index (χ1) is 14.9. The number of hydrogen-bond acceptors (Lipinski definition) is 6. The van der Waals surface area contributed by atoms with Gasteiger partial charge in [0.15, 0.2) is 0 Å². The van der Waals surface area contributed by atoms with Crippen molar-refractivity contribution in [2.45, 2.75) is 32.9 Å². The highest BCUT2D eigenvalue weighted by atomic mass is 16.3. The summed E-state index contributed by atoms with van der Waals surface area (Å²) in [6.07, 6.45) is 9.12. The smallest absolute Gasteiger partial charge is 0.295 e. The summed E-state index contributed by atoms with van der Waals surface area (Å²) >= 11 is 0. The zero-order valence-electron chi connectivity index (χ0n) is 17.7. The van der Waals surface area contributed by atoms with Crippen LogP contribution in [0.1, 0.15) is 35.0 Å². The first-order valence-corrected chi connectivity index (χ1v) is 10.0. The SMILES string of the molecule is Cc1nn(C)c(C)c1C(O)=C1C(=O)C(=O)N(CCCn2ccnc2)[C@@H]1c1ccncc1. The Morgan fingerprint density at radius 2 is 1.84 bits per heavy atom. The minimum atomic E-state index is -0.690. The van der Waals surface area contributed by atoms with Gasteiger partial charge < -0.3 is 14.6 Å². The summed E-state index contributed by atoms with van der Waals surface area (Å²) in [4.78, 5) is 35.6. The maximum absolute atomic E-state index is 13.1. The molecular weight excluding hydrogens is 396 g/mol. The van der Waals surface area contributed by atoms with Crippen LogP contribution in [0, 0.1) is 13.8 Å². The molecule has 160 valence electrons. The molecule has 0 aliphatic carbocycles. The van der Waals surface area contributed by atoms with Gasteiger partial charge in [-0.25, -0.2) is 4.98 Å². The topological polar surface area (TPSA) is 106 Å². The summed E-state index contributed by atoms with van der Waals surface area (Å²) in [5.74, 6) is -1.50. The normalized spacial score (nSPS) is 18.2. The zero-order chi connectivity index (χ0) is 22.1. The minimum Gasteiger partial charge on any atom is -0.507 e. The molecule has 1 aliphatic heterocycles. The zero-order valence-corrected chi connectivity index (χ0v) is 17.7. The lowest BCUT2D eigenvalue weighted by molar-refractivity contribution is -0.139. The Morgan fingerprint density at radius 3 is 2.45 bits per heavy atom. The Labute approximate surface area is 179 Å². The van der Waals surface area contributed by atoms with Crippen LogP contribution >= 0.6 is 0 Å². The third kappa shape index (κ3) is 3.63. The number of ketones is 1. The highest BCUT2D eigenvalue weighted by Crippen LogP contribution is 2.40. The van der Waals surface area contributed by atoms with Crippen LogP contribution in [-0.2, 0) is 23.2 Å². The van der Waals surface area contributed by atoms with E-state index in [-0.39, 0.29) is 11.3 Å². The Kier molecular flexibility index (Phi) is 5.41. The van der Waals surface area contributed by atoms with E-state index in [1.807, 2.05) is 17.7 Å². The number of hydrogen-bond donors (Lipinski definition) is 1. The molecule has 0 spiro atoms. The van der Waals surface area contributed by atoms with Gasteiger partial charge in [-0.1, -0.05) is 0 Å². The molecule has 1 atom stereocenters. The van der Waals surface area contributed by atoms with Crippen molar-refractivity contribution in [1.29, 1.82) is 0 Å². The number of rotatable bonds is 6. The van der Waals surface area contributed by atoms with Crippen molar-refractivity contribution in [3.8, 4) is 0 Å². The van der Waals surface area contributed by atoms with Crippen molar-refractivity contribution in [1.82, 2.24) is 29.2 Å². The van der Waals surface area contributed by atoms with Gasteiger partial charge in [0, 0.05) is 50.6 Å². The van der Waals surface area contributed by atoms with E-state index in [0.29, 0.717) is 30.8 Å². The largest absolute Gasteiger partial charge is 0.507 e. The number of Topliss-reactive ketones (excluding diaryl/α,β-unsaturated/α-hetero) is 1. The van der Waals surface area contributed by atoms with E-state index in [4.69, 9.17) is 0 Å². The quantitative estimate of drug-likeness (QED) is 0.372. The number of amides is 1. The number of carbonyl (C=O) groups is 2. The summed E-state index contributed by atoms with van der Waals surface area (Å²) in [5, 5.41) is 15.5. The van der Waals surface area contributed by atoms with E-state index in [0.717, 1.165) is 11.3 Å². The number of carbonyl (C=O) groups excluding carboxylic acids is 2. The second kappa shape index (κ2) is 8.17. The summed E-state index contributed by atoms with van der Waals surface area (Å²) in [6.45, 7) is 4.60. The lowest BCUT2D eigenvalue weighted by Gasteiger charge is -2.25. The number of aryl methyl sites for hydroxylation is 3. The van der Waals surface area contributed by atoms with Crippen LogP contribution in [-0.4, -0.2) is 52.6 Å². The summed E-state index contributed by atoms with van der Waals surface area (Å²) in [5.41, 5.74) is 2.60. The standard InChI is InChI=1S/C22H24N6O3/c1-14-17(15(2)26(3)25-14)20(29)18-19(16-5-7-23-8-6-16)28(22(31)21(18)30)11-4-10-27-12-9-24-13-27/h5-9,12-13,19,29H,4,10-11H2,1-3H3/t19-/m1/s1. The molecule has 0 unspecified atom stereocenters. The minimum absolute atomic E-state index is 0.0815. The van der Waals surface area contributed by atoms with Crippen molar-refractivity contribution in [2.75, 3.05) is 6.54 Å². The van der Waals surface area contributed by atoms with Gasteiger partial charge in [0.05, 0.1) is 29.2 Å². The van der Waals surface area contributed by atoms with Crippen LogP contribution in [0.3, 0.4) is 0 Å². The van der Waals surface area contributed by atoms with Crippen LogP contribution in [0.25, 0.3) is 5.76 Å². The molecule has 1 amide bonds. The van der Waals surface area contributed by atoms with Crippen LogP contribution in [0.2, 0.25) is 0 Å². The average molecular weight is 420 g/mol. The molecule has 31 heavy (non-hydrogen) atoms. The number of nitrogens with zero attached hydrogens (tertiary/aromatic N) is 6. The molecular formula is C22H24N6O3. The van der Waals surface area contributed by atoms with Crippen molar-refractivity contribution >= 4 is 17.4 Å². The predicted octanol–water partition coefficient (Wildman–Crippen LogP) is 2.14. The van der Waals surface area contributed by atoms with Crippen molar-refractivity contribution in [3.63, 3.8) is 0 Å². The van der Waals surface area contributed by atoms with E-state index in [1.54, 1.807) is 55.7 Å². The molecule has 1 N–H and O–H groups in total. The third-order valence-corrected chi connectivity index (χ3v) is 5.68. The Balaban J connectivity index is 1.76. The summed E-state index contributed by atoms with van der Waals surface area (Å²) < 4.78 is 3.56. The van der Waals surface area contributed by atoms with Crippen LogP contribution < -0.4 is 0 Å². The van der Waals surface area contributed by atoms with Gasteiger partial charge in [-0.05, 0) is 38.0 Å². The number of aliphatic hydroxyl groups excluding tert-OH is 1. The van der Waals surface area contributed by atoms with Gasteiger partial charge in [0.25, 0.3) is 11.7 Å². The number of aromatic nitrogens is 5. The van der Waals surface area contributed by atoms with Gasteiger partial charge in [-0.2, -0.15) is 5.10 Å². The van der Waals surface area contributed by atoms with Gasteiger partial charge in [0.2, 0.25) is 0 Å². The molecule has 9 heteroatoms. The molecule has 3 aromatic heterocycles. The lowest BCUT2D eigenvalue weighted by atomic mass is 9.95. The Hall–Kier alpha value is -3.75. The van der Waals surface area contributed by atoms with E-state index < -0.39 is 17.7 Å². The molecule has 1 saturated heterocycles. The fourth-order valence-corrected chi connectivity index (χ4v) is 4.10. The fourth-order valence-electron chi connectivity index (χ4n) is 4.10. The van der Waals surface area contributed by atoms with E-state index in [2.05, 4.69) is 15.1 Å². The predicted molar refractivity (Wildman–Crippen MR) is 113 cm³/mol. The van der Waals surface area contributed by atoms with Crippen molar-refractivity contribution in [3.05, 3.63) is 71.3 Å². The first-order valence-electron chi connectivity index (χ1n) is 10.0. The highest BCUT2D eigenvalue weighted by Gasteiger charge is 2.46. The molecule has 1 fully saturated rings. The molecule has 4 heterocycles. The summed E-state index contributed by atoms with van der Waals surface area (Å²) in [7, 11) is 1.77. The fraction of sp³-hybridized carbons (Fsp3) is 0.318. The lowest BCUT2D eigenvalue weighted by Crippen LogP contribution is -2.31. The maximum atomic E-state index is 13.1. The number of pyridine rings is 1. The molecule has 0 bridgehead atoms. The summed E-state index contributed by atoms with van der Waals surface area (Å²) in [6, 6.07) is 2.83. The number of aliphatic hydroxyl groups is 1. The second-order valence-electron chi connectivity index (χ2n) is 7.60. The van der Waals surface area contributed by atoms with Gasteiger partial charge in [-0.15, -0.1) is 0 Å². The maximum Gasteiger partial charge on any atom is 0.295 e. The first kappa shape index (κ1) is 20.5. The van der Waals surface area contributed by atoms with Crippen LogP contribution in [0.15, 0.2) is 48.8 Å². The molecule has 0 radical (unpaired) electrons.